The Labute approximate surface area is 95.1 Å². The van der Waals surface area contributed by atoms with Gasteiger partial charge in [-0.3, -0.25) is 4.79 Å². The molecule has 0 aromatic carbocycles. The van der Waals surface area contributed by atoms with E-state index in [0.29, 0.717) is 25.8 Å². The Morgan fingerprint density at radius 2 is 2.19 bits per heavy atom. The van der Waals surface area contributed by atoms with Crippen molar-refractivity contribution in [2.75, 3.05) is 12.3 Å². The zero-order valence-electron chi connectivity index (χ0n) is 9.27. The number of carboxylic acid groups (broad SMARTS) is 1. The van der Waals surface area contributed by atoms with Crippen molar-refractivity contribution in [1.82, 2.24) is 5.32 Å². The Kier molecular flexibility index (Phi) is 2.74. The highest BCUT2D eigenvalue weighted by atomic mass is 32.2. The molecule has 92 valence electrons. The molecule has 0 radical (unpaired) electrons. The normalized spacial score (nSPS) is 42.3. The lowest BCUT2D eigenvalue weighted by Gasteiger charge is -2.20. The molecule has 0 amide bonds. The van der Waals surface area contributed by atoms with Gasteiger partial charge in [-0.2, -0.15) is 0 Å². The van der Waals surface area contributed by atoms with Crippen LogP contribution in [0.4, 0.5) is 0 Å². The van der Waals surface area contributed by atoms with Crippen molar-refractivity contribution in [3.05, 3.63) is 0 Å². The topological polar surface area (TPSA) is 83.5 Å². The minimum atomic E-state index is -2.98. The summed E-state index contributed by atoms with van der Waals surface area (Å²) < 4.78 is 23.5. The van der Waals surface area contributed by atoms with Gasteiger partial charge in [0.2, 0.25) is 0 Å². The van der Waals surface area contributed by atoms with E-state index in [4.69, 9.17) is 5.11 Å². The van der Waals surface area contributed by atoms with E-state index in [2.05, 4.69) is 5.32 Å². The standard InChI is InChI=1S/C10H17NO4S/c1-10(9(12)13)5-7(6-11-10)8-3-2-4-16(8,14)15/h7-8,11H,2-6H2,1H3,(H,12,13). The highest BCUT2D eigenvalue weighted by Crippen LogP contribution is 2.35. The second-order valence-electron chi connectivity index (χ2n) is 5.03. The van der Waals surface area contributed by atoms with E-state index >= 15 is 0 Å². The van der Waals surface area contributed by atoms with Gasteiger partial charge in [0.25, 0.3) is 0 Å². The lowest BCUT2D eigenvalue weighted by molar-refractivity contribution is -0.143. The van der Waals surface area contributed by atoms with Gasteiger partial charge >= 0.3 is 5.97 Å². The summed E-state index contributed by atoms with van der Waals surface area (Å²) in [7, 11) is -2.98. The third-order valence-electron chi connectivity index (χ3n) is 3.80. The fourth-order valence-corrected chi connectivity index (χ4v) is 4.97. The van der Waals surface area contributed by atoms with E-state index in [-0.39, 0.29) is 16.9 Å². The predicted octanol–water partition coefficient (Wildman–Crippen LogP) is 0.0164. The van der Waals surface area contributed by atoms with Crippen molar-refractivity contribution in [2.24, 2.45) is 5.92 Å². The number of hydrogen-bond donors (Lipinski definition) is 2. The van der Waals surface area contributed by atoms with Crippen LogP contribution >= 0.6 is 0 Å². The lowest BCUT2D eigenvalue weighted by atomic mass is 9.91. The number of carboxylic acids is 1. The van der Waals surface area contributed by atoms with Crippen molar-refractivity contribution in [3.63, 3.8) is 0 Å². The Bertz CT molecular complexity index is 405. The van der Waals surface area contributed by atoms with Crippen LogP contribution in [-0.4, -0.2) is 42.6 Å². The van der Waals surface area contributed by atoms with Gasteiger partial charge in [0, 0.05) is 6.54 Å². The van der Waals surface area contributed by atoms with E-state index in [1.807, 2.05) is 0 Å². The average molecular weight is 247 g/mol. The van der Waals surface area contributed by atoms with Crippen LogP contribution in [0.5, 0.6) is 0 Å². The summed E-state index contributed by atoms with van der Waals surface area (Å²) in [5, 5.41) is 11.7. The first-order valence-electron chi connectivity index (χ1n) is 5.55. The fraction of sp³-hybridized carbons (Fsp3) is 0.900. The van der Waals surface area contributed by atoms with Crippen LogP contribution in [-0.2, 0) is 14.6 Å². The molecular weight excluding hydrogens is 230 g/mol. The molecule has 0 aromatic heterocycles. The van der Waals surface area contributed by atoms with Crippen LogP contribution in [0.3, 0.4) is 0 Å². The van der Waals surface area contributed by atoms with Crippen LogP contribution in [0.2, 0.25) is 0 Å². The fourth-order valence-electron chi connectivity index (χ4n) is 2.80. The van der Waals surface area contributed by atoms with Crippen LogP contribution in [0.1, 0.15) is 26.2 Å². The second kappa shape index (κ2) is 3.70. The summed E-state index contributed by atoms with van der Waals surface area (Å²) in [6, 6.07) is 0. The smallest absolute Gasteiger partial charge is 0.323 e. The van der Waals surface area contributed by atoms with E-state index in [0.717, 1.165) is 0 Å². The molecule has 2 aliphatic heterocycles. The van der Waals surface area contributed by atoms with Gasteiger partial charge in [-0.1, -0.05) is 0 Å². The number of hydrogen-bond acceptors (Lipinski definition) is 4. The van der Waals surface area contributed by atoms with Gasteiger partial charge < -0.3 is 10.4 Å². The molecule has 3 unspecified atom stereocenters. The molecular formula is C10H17NO4S. The Morgan fingerprint density at radius 1 is 1.50 bits per heavy atom. The molecule has 6 heteroatoms. The van der Waals surface area contributed by atoms with Crippen LogP contribution in [0.15, 0.2) is 0 Å². The summed E-state index contributed by atoms with van der Waals surface area (Å²) in [5.74, 6) is -0.684. The molecule has 2 aliphatic rings. The summed E-state index contributed by atoms with van der Waals surface area (Å²) in [5.41, 5.74) is -0.956. The van der Waals surface area contributed by atoms with Gasteiger partial charge in [-0.05, 0) is 32.1 Å². The highest BCUT2D eigenvalue weighted by molar-refractivity contribution is 7.92. The monoisotopic (exact) mass is 247 g/mol. The van der Waals surface area contributed by atoms with Crippen LogP contribution < -0.4 is 5.32 Å². The zero-order chi connectivity index (χ0) is 12.0. The Balaban J connectivity index is 2.13. The minimum absolute atomic E-state index is 0.0476. The largest absolute Gasteiger partial charge is 0.480 e. The zero-order valence-corrected chi connectivity index (χ0v) is 10.1. The minimum Gasteiger partial charge on any atom is -0.480 e. The van der Waals surface area contributed by atoms with E-state index in [1.54, 1.807) is 6.92 Å². The van der Waals surface area contributed by atoms with Crippen molar-refractivity contribution >= 4 is 15.8 Å². The molecule has 5 nitrogen and oxygen atoms in total. The third-order valence-corrected chi connectivity index (χ3v) is 6.20. The molecule has 0 aliphatic carbocycles. The van der Waals surface area contributed by atoms with Gasteiger partial charge in [0.15, 0.2) is 9.84 Å². The van der Waals surface area contributed by atoms with Crippen molar-refractivity contribution in [2.45, 2.75) is 37.0 Å². The molecule has 0 aromatic rings. The highest BCUT2D eigenvalue weighted by Gasteiger charge is 2.47. The van der Waals surface area contributed by atoms with Crippen LogP contribution in [0.25, 0.3) is 0 Å². The first-order chi connectivity index (χ1) is 7.35. The van der Waals surface area contributed by atoms with Crippen molar-refractivity contribution in [3.8, 4) is 0 Å². The number of aliphatic carboxylic acids is 1. The number of nitrogens with one attached hydrogen (secondary N) is 1. The second-order valence-corrected chi connectivity index (χ2v) is 7.37. The van der Waals surface area contributed by atoms with Gasteiger partial charge in [0.1, 0.15) is 5.54 Å². The maximum atomic E-state index is 11.8. The summed E-state index contributed by atoms with van der Waals surface area (Å²) in [6.07, 6.45) is 1.81. The van der Waals surface area contributed by atoms with E-state index < -0.39 is 21.3 Å². The van der Waals surface area contributed by atoms with Crippen LogP contribution in [0, 0.1) is 5.92 Å². The Morgan fingerprint density at radius 3 is 2.62 bits per heavy atom. The molecule has 2 N–H and O–H groups in total. The first kappa shape index (κ1) is 11.9. The lowest BCUT2D eigenvalue weighted by Crippen LogP contribution is -2.44. The van der Waals surface area contributed by atoms with Crippen molar-refractivity contribution in [1.29, 1.82) is 0 Å². The van der Waals surface area contributed by atoms with Gasteiger partial charge in [0.05, 0.1) is 11.0 Å². The number of rotatable bonds is 2. The maximum Gasteiger partial charge on any atom is 0.323 e. The molecule has 2 rings (SSSR count). The third kappa shape index (κ3) is 1.84. The van der Waals surface area contributed by atoms with E-state index in [9.17, 15) is 13.2 Å². The molecule has 0 saturated carbocycles. The maximum absolute atomic E-state index is 11.8. The molecule has 3 atom stereocenters. The number of carbonyl (C=O) groups is 1. The molecule has 2 heterocycles. The SMILES string of the molecule is CC1(C(=O)O)CC(C2CCCS2(=O)=O)CN1. The van der Waals surface area contributed by atoms with Gasteiger partial charge in [-0.25, -0.2) is 8.42 Å². The summed E-state index contributed by atoms with van der Waals surface area (Å²) >= 11 is 0. The molecule has 0 spiro atoms. The summed E-state index contributed by atoms with van der Waals surface area (Å²) in [6.45, 7) is 2.11. The quantitative estimate of drug-likeness (QED) is 0.718. The summed E-state index contributed by atoms with van der Waals surface area (Å²) in [4.78, 5) is 11.0. The van der Waals surface area contributed by atoms with E-state index in [1.165, 1.54) is 0 Å². The Hall–Kier alpha value is -0.620. The first-order valence-corrected chi connectivity index (χ1v) is 7.27. The number of sulfone groups is 1. The molecule has 0 bridgehead atoms. The van der Waals surface area contributed by atoms with Gasteiger partial charge in [-0.15, -0.1) is 0 Å². The molecule has 2 saturated heterocycles. The van der Waals surface area contributed by atoms with Crippen molar-refractivity contribution < 1.29 is 18.3 Å². The predicted molar refractivity (Wildman–Crippen MR) is 59.0 cm³/mol. The molecule has 2 fully saturated rings. The molecule has 16 heavy (non-hydrogen) atoms. The average Bonchev–Trinajstić information content (AvgIpc) is 2.70.